The average molecular weight is 400 g/mol. The molecule has 156 valence electrons. The van der Waals surface area contributed by atoms with Crippen molar-refractivity contribution in [3.05, 3.63) is 23.8 Å². The number of phenolic OH excluding ortho intramolecular Hbond substituents is 1. The van der Waals surface area contributed by atoms with Crippen molar-refractivity contribution in [1.82, 2.24) is 0 Å². The van der Waals surface area contributed by atoms with Crippen molar-refractivity contribution < 1.29 is 49.3 Å². The van der Waals surface area contributed by atoms with Crippen molar-refractivity contribution in [2.75, 3.05) is 13.7 Å². The van der Waals surface area contributed by atoms with Gasteiger partial charge in [0.15, 0.2) is 17.3 Å². The molecule has 6 unspecified atom stereocenters. The maximum absolute atomic E-state index is 12.5. The van der Waals surface area contributed by atoms with Gasteiger partial charge in [0, 0.05) is 5.92 Å². The third-order valence-electron chi connectivity index (χ3n) is 4.50. The molecule has 2 rings (SSSR count). The number of para-hydroxylation sites is 1. The third-order valence-corrected chi connectivity index (χ3v) is 4.50. The van der Waals surface area contributed by atoms with Gasteiger partial charge in [-0.15, -0.1) is 0 Å². The maximum Gasteiger partial charge on any atom is 0.306 e. The lowest BCUT2D eigenvalue weighted by atomic mass is 9.95. The lowest BCUT2D eigenvalue weighted by Crippen LogP contribution is -2.60. The molecule has 0 spiro atoms. The van der Waals surface area contributed by atoms with Crippen LogP contribution < -0.4 is 4.74 Å². The second-order valence-corrected chi connectivity index (χ2v) is 6.51. The van der Waals surface area contributed by atoms with Gasteiger partial charge in [-0.2, -0.15) is 0 Å². The van der Waals surface area contributed by atoms with Crippen LogP contribution in [0.15, 0.2) is 18.2 Å². The number of methoxy groups -OCH3 is 1. The molecule has 1 heterocycles. The zero-order chi connectivity index (χ0) is 21.0. The number of ketones is 1. The van der Waals surface area contributed by atoms with Gasteiger partial charge in [-0.25, -0.2) is 0 Å². The summed E-state index contributed by atoms with van der Waals surface area (Å²) < 4.78 is 15.1. The summed E-state index contributed by atoms with van der Waals surface area (Å²) in [6, 6.07) is 4.06. The van der Waals surface area contributed by atoms with Gasteiger partial charge in [0.2, 0.25) is 6.29 Å². The largest absolute Gasteiger partial charge is 0.504 e. The Balaban J connectivity index is 2.20. The van der Waals surface area contributed by atoms with Gasteiger partial charge in [0.05, 0.1) is 25.7 Å². The number of aliphatic hydroxyl groups excluding tert-OH is 4. The highest BCUT2D eigenvalue weighted by atomic mass is 16.7. The number of carbonyl (C=O) groups is 2. The van der Waals surface area contributed by atoms with Crippen molar-refractivity contribution in [2.24, 2.45) is 5.92 Å². The van der Waals surface area contributed by atoms with E-state index in [1.807, 2.05) is 0 Å². The monoisotopic (exact) mass is 400 g/mol. The molecule has 0 bridgehead atoms. The lowest BCUT2D eigenvalue weighted by Gasteiger charge is -2.39. The summed E-state index contributed by atoms with van der Waals surface area (Å²) in [7, 11) is 1.20. The van der Waals surface area contributed by atoms with E-state index in [0.717, 1.165) is 0 Å². The van der Waals surface area contributed by atoms with E-state index >= 15 is 0 Å². The molecule has 0 aromatic heterocycles. The molecule has 0 saturated carbocycles. The van der Waals surface area contributed by atoms with Gasteiger partial charge in [-0.1, -0.05) is 13.0 Å². The molecule has 10 heteroatoms. The van der Waals surface area contributed by atoms with E-state index in [2.05, 4.69) is 4.74 Å². The number of esters is 1. The summed E-state index contributed by atoms with van der Waals surface area (Å²) in [6.45, 7) is 0.865. The van der Waals surface area contributed by atoms with Crippen LogP contribution in [0.2, 0.25) is 0 Å². The number of hydrogen-bond donors (Lipinski definition) is 5. The molecular weight excluding hydrogens is 376 g/mol. The van der Waals surface area contributed by atoms with Crippen molar-refractivity contribution in [3.63, 3.8) is 0 Å². The van der Waals surface area contributed by atoms with Crippen LogP contribution in [0.5, 0.6) is 11.5 Å². The Labute approximate surface area is 160 Å². The Hall–Kier alpha value is -2.24. The second-order valence-electron chi connectivity index (χ2n) is 6.51. The van der Waals surface area contributed by atoms with E-state index in [1.54, 1.807) is 0 Å². The molecule has 1 fully saturated rings. The number of carbonyl (C=O) groups excluding carboxylic acids is 2. The van der Waals surface area contributed by atoms with Crippen LogP contribution in [0, 0.1) is 5.92 Å². The molecular formula is C18H24O10. The molecule has 10 nitrogen and oxygen atoms in total. The van der Waals surface area contributed by atoms with Crippen LogP contribution in [0.25, 0.3) is 0 Å². The summed E-state index contributed by atoms with van der Waals surface area (Å²) in [4.78, 5) is 23.9. The highest BCUT2D eigenvalue weighted by molar-refractivity contribution is 6.02. The molecule has 1 aromatic carbocycles. The zero-order valence-corrected chi connectivity index (χ0v) is 15.4. The minimum absolute atomic E-state index is 0.113. The molecule has 5 N–H and O–H groups in total. The highest BCUT2D eigenvalue weighted by Gasteiger charge is 2.45. The predicted octanol–water partition coefficient (Wildman–Crippen LogP) is -1.05. The number of aliphatic hydroxyl groups is 4. The Morgan fingerprint density at radius 1 is 1.18 bits per heavy atom. The van der Waals surface area contributed by atoms with Gasteiger partial charge in [-0.05, 0) is 12.1 Å². The Bertz CT molecular complexity index is 704. The smallest absolute Gasteiger partial charge is 0.306 e. The second kappa shape index (κ2) is 9.30. The molecule has 28 heavy (non-hydrogen) atoms. The van der Waals surface area contributed by atoms with Gasteiger partial charge in [-0.3, -0.25) is 9.59 Å². The maximum atomic E-state index is 12.5. The zero-order valence-electron chi connectivity index (χ0n) is 15.4. The van der Waals surface area contributed by atoms with E-state index in [4.69, 9.17) is 9.47 Å². The van der Waals surface area contributed by atoms with Gasteiger partial charge < -0.3 is 39.7 Å². The fourth-order valence-corrected chi connectivity index (χ4v) is 2.80. The minimum Gasteiger partial charge on any atom is -0.504 e. The average Bonchev–Trinajstić information content (AvgIpc) is 2.68. The molecule has 0 radical (unpaired) electrons. The standard InChI is InChI=1S/C18H24O10/c1-8(6-12(20)26-2)13(21)9-4-3-5-10(14(9)22)27-18-17(25)16(24)15(23)11(7-19)28-18/h3-5,8,11,15-19,22-25H,6-7H2,1-2H3. The quantitative estimate of drug-likeness (QED) is 0.282. The molecule has 1 aromatic rings. The van der Waals surface area contributed by atoms with Crippen molar-refractivity contribution in [2.45, 2.75) is 44.1 Å². The third kappa shape index (κ3) is 4.59. The number of aromatic hydroxyl groups is 1. The van der Waals surface area contributed by atoms with Crippen LogP contribution in [0.4, 0.5) is 0 Å². The number of hydrogen-bond acceptors (Lipinski definition) is 10. The SMILES string of the molecule is COC(=O)CC(C)C(=O)c1cccc(OC2OC(CO)C(O)C(O)C2O)c1O. The van der Waals surface area contributed by atoms with Crippen LogP contribution in [-0.2, 0) is 14.3 Å². The summed E-state index contributed by atoms with van der Waals surface area (Å²) >= 11 is 0. The fraction of sp³-hybridized carbons (Fsp3) is 0.556. The van der Waals surface area contributed by atoms with E-state index in [1.165, 1.54) is 32.2 Å². The minimum atomic E-state index is -1.67. The predicted molar refractivity (Wildman–Crippen MR) is 92.6 cm³/mol. The fourth-order valence-electron chi connectivity index (χ4n) is 2.80. The number of Topliss-reactive ketones (excluding diaryl/α,β-unsaturated/α-hetero) is 1. The first kappa shape index (κ1) is 22.1. The van der Waals surface area contributed by atoms with Crippen molar-refractivity contribution >= 4 is 11.8 Å². The number of rotatable bonds is 7. The molecule has 0 amide bonds. The number of benzene rings is 1. The Kier molecular flexibility index (Phi) is 7.33. The van der Waals surface area contributed by atoms with E-state index in [9.17, 15) is 35.1 Å². The summed E-state index contributed by atoms with van der Waals surface area (Å²) in [5, 5.41) is 49.2. The Morgan fingerprint density at radius 3 is 2.46 bits per heavy atom. The van der Waals surface area contributed by atoms with Crippen molar-refractivity contribution in [3.8, 4) is 11.5 Å². The van der Waals surface area contributed by atoms with E-state index < -0.39 is 60.7 Å². The molecule has 6 atom stereocenters. The van der Waals surface area contributed by atoms with Gasteiger partial charge in [0.1, 0.15) is 24.4 Å². The summed E-state index contributed by atoms with van der Waals surface area (Å²) in [6.07, 6.45) is -7.75. The van der Waals surface area contributed by atoms with Crippen molar-refractivity contribution in [1.29, 1.82) is 0 Å². The molecule has 1 aliphatic rings. The van der Waals surface area contributed by atoms with Crippen LogP contribution in [0.3, 0.4) is 0 Å². The summed E-state index contributed by atoms with van der Waals surface area (Å²) in [5.74, 6) is -2.63. The summed E-state index contributed by atoms with van der Waals surface area (Å²) in [5.41, 5.74) is -0.113. The number of ether oxygens (including phenoxy) is 3. The van der Waals surface area contributed by atoms with Crippen LogP contribution >= 0.6 is 0 Å². The topological polar surface area (TPSA) is 163 Å². The highest BCUT2D eigenvalue weighted by Crippen LogP contribution is 2.34. The molecule has 1 aliphatic heterocycles. The number of phenols is 1. The first-order valence-electron chi connectivity index (χ1n) is 8.61. The van der Waals surface area contributed by atoms with E-state index in [-0.39, 0.29) is 17.7 Å². The van der Waals surface area contributed by atoms with Crippen LogP contribution in [-0.4, -0.2) is 81.7 Å². The Morgan fingerprint density at radius 2 is 1.86 bits per heavy atom. The van der Waals surface area contributed by atoms with Crippen LogP contribution in [0.1, 0.15) is 23.7 Å². The molecule has 0 aliphatic carbocycles. The molecule has 1 saturated heterocycles. The first-order chi connectivity index (χ1) is 13.2. The first-order valence-corrected chi connectivity index (χ1v) is 8.61. The van der Waals surface area contributed by atoms with E-state index in [0.29, 0.717) is 0 Å². The van der Waals surface area contributed by atoms with Gasteiger partial charge in [0.25, 0.3) is 0 Å². The van der Waals surface area contributed by atoms with Gasteiger partial charge >= 0.3 is 5.97 Å². The lowest BCUT2D eigenvalue weighted by molar-refractivity contribution is -0.277. The normalized spacial score (nSPS) is 28.4.